The average Bonchev–Trinajstić information content (AvgIpc) is 2.39. The smallest absolute Gasteiger partial charge is 0.328 e. The molecule has 1 aliphatic carbocycles. The highest BCUT2D eigenvalue weighted by Gasteiger charge is 2.36. The molecule has 1 unspecified atom stereocenters. The number of morpholine rings is 1. The molecule has 1 heterocycles. The summed E-state index contributed by atoms with van der Waals surface area (Å²) in [4.78, 5) is 24.8. The lowest BCUT2D eigenvalue weighted by Gasteiger charge is -2.39. The van der Waals surface area contributed by atoms with E-state index in [0.717, 1.165) is 25.7 Å². The molecule has 108 valence electrons. The summed E-state index contributed by atoms with van der Waals surface area (Å²) in [6.45, 7) is 2.84. The highest BCUT2D eigenvalue weighted by atomic mass is 16.5. The van der Waals surface area contributed by atoms with Crippen LogP contribution in [0.2, 0.25) is 0 Å². The molecule has 1 aliphatic heterocycles. The number of urea groups is 1. The van der Waals surface area contributed by atoms with Crippen LogP contribution in [0, 0.1) is 0 Å². The summed E-state index contributed by atoms with van der Waals surface area (Å²) in [5.74, 6) is -1.01. The molecule has 0 aromatic rings. The van der Waals surface area contributed by atoms with Crippen LogP contribution in [-0.2, 0) is 9.53 Å². The van der Waals surface area contributed by atoms with Gasteiger partial charge >= 0.3 is 12.0 Å². The van der Waals surface area contributed by atoms with E-state index in [4.69, 9.17) is 9.84 Å². The zero-order valence-corrected chi connectivity index (χ0v) is 11.4. The van der Waals surface area contributed by atoms with Crippen LogP contribution < -0.4 is 5.32 Å². The van der Waals surface area contributed by atoms with Gasteiger partial charge in [-0.15, -0.1) is 0 Å². The molecule has 0 radical (unpaired) electrons. The normalized spacial score (nSPS) is 26.8. The van der Waals surface area contributed by atoms with E-state index in [1.807, 2.05) is 6.92 Å². The van der Waals surface area contributed by atoms with E-state index in [9.17, 15) is 9.59 Å². The summed E-state index contributed by atoms with van der Waals surface area (Å²) in [6.07, 6.45) is 5.35. The van der Waals surface area contributed by atoms with Gasteiger partial charge in [-0.2, -0.15) is 0 Å². The number of rotatable bonds is 2. The predicted molar refractivity (Wildman–Crippen MR) is 69.0 cm³/mol. The second-order valence-corrected chi connectivity index (χ2v) is 5.67. The van der Waals surface area contributed by atoms with Gasteiger partial charge in [-0.3, -0.25) is 0 Å². The molecule has 2 aliphatic rings. The van der Waals surface area contributed by atoms with Gasteiger partial charge in [0, 0.05) is 12.1 Å². The van der Waals surface area contributed by atoms with Crippen LogP contribution in [0.1, 0.15) is 39.0 Å². The van der Waals surface area contributed by atoms with E-state index >= 15 is 0 Å². The number of nitrogens with zero attached hydrogens (tertiary/aromatic N) is 1. The number of carboxylic acids is 1. The lowest BCUT2D eigenvalue weighted by molar-refractivity contribution is -0.147. The van der Waals surface area contributed by atoms with Crippen LogP contribution in [0.15, 0.2) is 0 Å². The van der Waals surface area contributed by atoms with Crippen molar-refractivity contribution in [3.05, 3.63) is 0 Å². The van der Waals surface area contributed by atoms with Gasteiger partial charge < -0.3 is 20.1 Å². The third-order valence-electron chi connectivity index (χ3n) is 4.04. The molecule has 6 heteroatoms. The first-order valence-corrected chi connectivity index (χ1v) is 6.91. The number of ether oxygens (including phenoxy) is 1. The molecular formula is C13H22N2O4. The quantitative estimate of drug-likeness (QED) is 0.790. The van der Waals surface area contributed by atoms with Crippen molar-refractivity contribution in [2.75, 3.05) is 19.8 Å². The van der Waals surface area contributed by atoms with Crippen molar-refractivity contribution in [2.45, 2.75) is 50.6 Å². The lowest BCUT2D eigenvalue weighted by Crippen LogP contribution is -2.59. The number of amides is 2. The Balaban J connectivity index is 1.99. The van der Waals surface area contributed by atoms with Crippen molar-refractivity contribution >= 4 is 12.0 Å². The molecule has 2 amide bonds. The van der Waals surface area contributed by atoms with Crippen molar-refractivity contribution < 1.29 is 19.4 Å². The maximum Gasteiger partial charge on any atom is 0.328 e. The number of carboxylic acid groups (broad SMARTS) is 1. The maximum absolute atomic E-state index is 12.3. The minimum atomic E-state index is -1.01. The van der Waals surface area contributed by atoms with Crippen molar-refractivity contribution in [2.24, 2.45) is 0 Å². The van der Waals surface area contributed by atoms with E-state index in [1.165, 1.54) is 11.3 Å². The van der Waals surface area contributed by atoms with Crippen molar-refractivity contribution in [3.63, 3.8) is 0 Å². The minimum absolute atomic E-state index is 0.0689. The summed E-state index contributed by atoms with van der Waals surface area (Å²) in [5, 5.41) is 12.1. The molecule has 6 nitrogen and oxygen atoms in total. The number of nitrogens with one attached hydrogen (secondary N) is 1. The van der Waals surface area contributed by atoms with Crippen molar-refractivity contribution in [1.29, 1.82) is 0 Å². The van der Waals surface area contributed by atoms with Gasteiger partial charge in [0.05, 0.1) is 13.2 Å². The Morgan fingerprint density at radius 1 is 1.32 bits per heavy atom. The Bertz CT molecular complexity index is 353. The second-order valence-electron chi connectivity index (χ2n) is 5.67. The molecule has 19 heavy (non-hydrogen) atoms. The molecule has 2 fully saturated rings. The van der Waals surface area contributed by atoms with Crippen LogP contribution in [0.25, 0.3) is 0 Å². The molecule has 0 spiro atoms. The Labute approximate surface area is 113 Å². The molecule has 0 aromatic carbocycles. The van der Waals surface area contributed by atoms with Crippen LogP contribution in [0.4, 0.5) is 4.79 Å². The molecule has 0 aromatic heterocycles. The Morgan fingerprint density at radius 2 is 2.00 bits per heavy atom. The maximum atomic E-state index is 12.3. The largest absolute Gasteiger partial charge is 0.480 e. The van der Waals surface area contributed by atoms with E-state index < -0.39 is 12.0 Å². The minimum Gasteiger partial charge on any atom is -0.480 e. The molecular weight excluding hydrogens is 248 g/mol. The van der Waals surface area contributed by atoms with Crippen molar-refractivity contribution in [3.8, 4) is 0 Å². The fourth-order valence-corrected chi connectivity index (χ4v) is 2.84. The Kier molecular flexibility index (Phi) is 4.29. The fourth-order valence-electron chi connectivity index (χ4n) is 2.84. The Morgan fingerprint density at radius 3 is 2.63 bits per heavy atom. The summed E-state index contributed by atoms with van der Waals surface area (Å²) >= 11 is 0. The number of hydrogen-bond donors (Lipinski definition) is 2. The van der Waals surface area contributed by atoms with Crippen LogP contribution in [-0.4, -0.2) is 53.3 Å². The van der Waals surface area contributed by atoms with E-state index in [-0.39, 0.29) is 18.2 Å². The monoisotopic (exact) mass is 270 g/mol. The predicted octanol–water partition coefficient (Wildman–Crippen LogP) is 1.20. The number of aliphatic carboxylic acids is 1. The summed E-state index contributed by atoms with van der Waals surface area (Å²) in [7, 11) is 0. The van der Waals surface area contributed by atoms with E-state index in [2.05, 4.69) is 5.32 Å². The fraction of sp³-hybridized carbons (Fsp3) is 0.846. The van der Waals surface area contributed by atoms with Crippen LogP contribution in [0.3, 0.4) is 0 Å². The van der Waals surface area contributed by atoms with Gasteiger partial charge in [-0.25, -0.2) is 9.59 Å². The Hall–Kier alpha value is -1.30. The number of carbonyl (C=O) groups is 2. The van der Waals surface area contributed by atoms with Gasteiger partial charge in [-0.05, 0) is 19.8 Å². The van der Waals surface area contributed by atoms with E-state index in [0.29, 0.717) is 13.2 Å². The first-order valence-electron chi connectivity index (χ1n) is 6.91. The van der Waals surface area contributed by atoms with Crippen molar-refractivity contribution in [1.82, 2.24) is 10.2 Å². The molecule has 1 atom stereocenters. The third kappa shape index (κ3) is 3.37. The topological polar surface area (TPSA) is 78.9 Å². The average molecular weight is 270 g/mol. The molecule has 0 bridgehead atoms. The number of carbonyl (C=O) groups excluding carboxylic acids is 1. The molecule has 2 rings (SSSR count). The first-order chi connectivity index (χ1) is 9.02. The summed E-state index contributed by atoms with van der Waals surface area (Å²) < 4.78 is 5.14. The van der Waals surface area contributed by atoms with Crippen LogP contribution >= 0.6 is 0 Å². The van der Waals surface area contributed by atoms with Gasteiger partial charge in [0.25, 0.3) is 0 Å². The third-order valence-corrected chi connectivity index (χ3v) is 4.04. The molecule has 1 saturated carbocycles. The molecule has 1 saturated heterocycles. The van der Waals surface area contributed by atoms with Gasteiger partial charge in [-0.1, -0.05) is 19.3 Å². The highest BCUT2D eigenvalue weighted by Crippen LogP contribution is 2.27. The van der Waals surface area contributed by atoms with Gasteiger partial charge in [0.1, 0.15) is 0 Å². The summed E-state index contributed by atoms with van der Waals surface area (Å²) in [5.41, 5.74) is -0.198. The second kappa shape index (κ2) is 5.77. The highest BCUT2D eigenvalue weighted by molar-refractivity contribution is 5.83. The summed E-state index contributed by atoms with van der Waals surface area (Å²) in [6, 6.07) is -1.15. The first kappa shape index (κ1) is 14.1. The van der Waals surface area contributed by atoms with Gasteiger partial charge in [0.15, 0.2) is 6.04 Å². The lowest BCUT2D eigenvalue weighted by atomic mass is 9.83. The van der Waals surface area contributed by atoms with Gasteiger partial charge in [0.2, 0.25) is 0 Å². The van der Waals surface area contributed by atoms with Crippen LogP contribution in [0.5, 0.6) is 0 Å². The number of hydrogen-bond acceptors (Lipinski definition) is 3. The zero-order valence-electron chi connectivity index (χ0n) is 11.4. The zero-order chi connectivity index (χ0) is 13.9. The SMILES string of the molecule is CC1(NC(=O)N2CCOCC2C(=O)O)CCCCC1. The standard InChI is InChI=1S/C13H22N2O4/c1-13(5-3-2-4-6-13)14-12(18)15-7-8-19-9-10(15)11(16)17/h10H,2-9H2,1H3,(H,14,18)(H,16,17). The van der Waals surface area contributed by atoms with E-state index in [1.54, 1.807) is 0 Å². The molecule has 2 N–H and O–H groups in total.